The molecule has 5 saturated carbocycles. The minimum absolute atomic E-state index is 0.319. The zero-order valence-corrected chi connectivity index (χ0v) is 62.5. The molecule has 0 atom stereocenters. The summed E-state index contributed by atoms with van der Waals surface area (Å²) in [6, 6.07) is 56.2. The minimum Gasteiger partial charge on any atom is -0.201 e. The number of benzene rings is 5. The molecule has 0 unspecified atom stereocenters. The summed E-state index contributed by atoms with van der Waals surface area (Å²) in [6.07, 6.45) is 35.3. The number of nitrogens with zero attached hydrogens (tertiary/aromatic N) is 5. The van der Waals surface area contributed by atoms with Crippen LogP contribution in [0, 0.1) is 62.2 Å². The van der Waals surface area contributed by atoms with Gasteiger partial charge in [-0.2, -0.15) is 0 Å². The Morgan fingerprint density at radius 2 is 0.566 bits per heavy atom. The van der Waals surface area contributed by atoms with Crippen molar-refractivity contribution in [3.05, 3.63) is 267 Å². The van der Waals surface area contributed by atoms with Gasteiger partial charge in [-0.3, -0.25) is 0 Å². The summed E-state index contributed by atoms with van der Waals surface area (Å²) < 4.78 is 52.3. The Hall–Kier alpha value is -8.15. The predicted molar refractivity (Wildman–Crippen MR) is 414 cm³/mol. The lowest BCUT2D eigenvalue weighted by Gasteiger charge is -2.14. The maximum atomic E-state index is 8.87. The summed E-state index contributed by atoms with van der Waals surface area (Å²) in [5, 5.41) is 0. The highest BCUT2D eigenvalue weighted by molar-refractivity contribution is 5.65. The van der Waals surface area contributed by atoms with Crippen molar-refractivity contribution in [3.63, 3.8) is 0 Å². The van der Waals surface area contributed by atoms with Gasteiger partial charge in [-0.05, 0) is 242 Å². The lowest BCUT2D eigenvalue weighted by molar-refractivity contribution is -0.661. The van der Waals surface area contributed by atoms with E-state index in [1.807, 2.05) is 29.8 Å². The predicted octanol–water partition coefficient (Wildman–Crippen LogP) is 22.0. The highest BCUT2D eigenvalue weighted by Crippen LogP contribution is 2.41. The highest BCUT2D eigenvalue weighted by Gasteiger charge is 2.29. The maximum Gasteiger partial charge on any atom is 0.212 e. The third-order valence-electron chi connectivity index (χ3n) is 22.6. The first-order valence-corrected chi connectivity index (χ1v) is 37.7. The monoisotopic (exact) mass is 1320 g/mol. The van der Waals surface area contributed by atoms with Crippen LogP contribution in [0.25, 0.3) is 56.3 Å². The molecule has 5 heteroatoms. The molecule has 514 valence electrons. The smallest absolute Gasteiger partial charge is 0.201 e. The number of hydrogen-bond acceptors (Lipinski definition) is 0. The van der Waals surface area contributed by atoms with Gasteiger partial charge in [0.1, 0.15) is 35.2 Å². The Kier molecular flexibility index (Phi) is 22.4. The van der Waals surface area contributed by atoms with Crippen molar-refractivity contribution < 1.29 is 29.7 Å². The molecule has 0 N–H and O–H groups in total. The molecule has 5 heterocycles. The number of aromatic nitrogens is 5. The number of pyridine rings is 5. The average Bonchev–Trinajstić information content (AvgIpc) is 1.28. The first kappa shape index (κ1) is 65.5. The molecule has 0 radical (unpaired) electrons. The molecule has 0 amide bonds. The van der Waals surface area contributed by atoms with Gasteiger partial charge in [0.15, 0.2) is 31.0 Å². The number of rotatable bonds is 10. The van der Waals surface area contributed by atoms with E-state index in [0.29, 0.717) is 11.1 Å². The fourth-order valence-corrected chi connectivity index (χ4v) is 16.9. The Morgan fingerprint density at radius 3 is 0.970 bits per heavy atom. The molecular formula is C94H118N5+5. The summed E-state index contributed by atoms with van der Waals surface area (Å²) in [7, 11) is 10.5. The van der Waals surface area contributed by atoms with Crippen LogP contribution in [0.4, 0.5) is 0 Å². The van der Waals surface area contributed by atoms with Gasteiger partial charge in [-0.25, -0.2) is 22.8 Å². The average molecular weight is 1320 g/mol. The Bertz CT molecular complexity index is 4610. The summed E-state index contributed by atoms with van der Waals surface area (Å²) in [6.45, 7) is 15.3. The van der Waals surface area contributed by atoms with Crippen LogP contribution in [-0.2, 0) is 35.2 Å². The van der Waals surface area contributed by atoms with E-state index in [0.717, 1.165) is 73.1 Å². The lowest BCUT2D eigenvalue weighted by atomic mass is 9.92. The third kappa shape index (κ3) is 17.5. The normalized spacial score (nSPS) is 17.3. The van der Waals surface area contributed by atoms with E-state index in [1.165, 1.54) is 185 Å². The zero-order valence-electron chi connectivity index (χ0n) is 67.5. The summed E-state index contributed by atoms with van der Waals surface area (Å²) >= 11 is 0. The lowest BCUT2D eigenvalue weighted by Crippen LogP contribution is -2.32. The van der Waals surface area contributed by atoms with E-state index >= 15 is 0 Å². The molecule has 5 aliphatic rings. The van der Waals surface area contributed by atoms with Crippen LogP contribution in [0.3, 0.4) is 0 Å². The van der Waals surface area contributed by atoms with Gasteiger partial charge in [0.25, 0.3) is 0 Å². The fraction of sp³-hybridized carbons (Fsp3) is 0.415. The van der Waals surface area contributed by atoms with E-state index in [-0.39, 0.29) is 5.89 Å². The molecule has 0 aliphatic heterocycles. The highest BCUT2D eigenvalue weighted by atomic mass is 14.9. The van der Waals surface area contributed by atoms with Crippen molar-refractivity contribution in [1.82, 2.24) is 0 Å². The molecule has 5 nitrogen and oxygen atoms in total. The topological polar surface area (TPSA) is 19.4 Å². The van der Waals surface area contributed by atoms with Crippen molar-refractivity contribution in [2.45, 2.75) is 220 Å². The minimum atomic E-state index is -2.20. The van der Waals surface area contributed by atoms with Crippen LogP contribution in [0.15, 0.2) is 189 Å². The van der Waals surface area contributed by atoms with Crippen LogP contribution in [0.5, 0.6) is 0 Å². The second kappa shape index (κ2) is 33.8. The van der Waals surface area contributed by atoms with Gasteiger partial charge >= 0.3 is 0 Å². The zero-order chi connectivity index (χ0) is 74.0. The Labute approximate surface area is 604 Å². The fourth-order valence-electron chi connectivity index (χ4n) is 16.9. The molecule has 0 bridgehead atoms. The Balaban J connectivity index is 0.000000130. The van der Waals surface area contributed by atoms with E-state index in [1.54, 1.807) is 17.3 Å². The van der Waals surface area contributed by atoms with Gasteiger partial charge in [0.2, 0.25) is 28.5 Å². The van der Waals surface area contributed by atoms with Gasteiger partial charge in [0, 0.05) is 92.8 Å². The molecule has 10 aromatic rings. The van der Waals surface area contributed by atoms with E-state index in [2.05, 4.69) is 266 Å². The van der Waals surface area contributed by atoms with E-state index in [9.17, 15) is 0 Å². The number of hydrogen-bond donors (Lipinski definition) is 0. The quantitative estimate of drug-likeness (QED) is 0.122. The number of aryl methyl sites for hydroxylation is 14. The SMILES string of the molecule is Cc1ccccc1-c1cc(C)c(C2CCCC2)c[n+]1C.Cc1ccccc1-c1cc(C2CCCC2)c(C)c[n+]1C.Cc1ccccc1-c1ccc(C2CCCC2)c[n+]1C.[2H]C([2H])([2H])c1c[n+](C)c(-c2ccccc2C)cc1C1([2H])CCCC1.[2H]C1(c2c[n+](C)c(-c3ccccc3C)cc2C)CCCC1. The van der Waals surface area contributed by atoms with Crippen molar-refractivity contribution in [3.8, 4) is 56.3 Å². The summed E-state index contributed by atoms with van der Waals surface area (Å²) in [5.74, 6) is 1.20. The standard InChI is InChI=1S/4C19H24N.C18H22N/c2*1-14-8-4-7-11-17(14)19-12-18(15(2)13-20(19)3)16-9-5-6-10-16;2*1-14-8-4-7-11-17(14)19-12-15(2)18(13-20(19)3)16-9-5-6-10-16;1-14-7-3-6-10-17(14)18-12-11-16(13-19(18)2)15-8-4-5-9-15/h4*4,7-8,11-13,16H,5-6,9-10H2,1-3H3;3,6-7,10-13,15H,4-5,8-9H2,1-2H3/q5*+1/i2D3,16D;;16D;;. The van der Waals surface area contributed by atoms with Gasteiger partial charge in [0.05, 0.1) is 0 Å². The van der Waals surface area contributed by atoms with Crippen LogP contribution >= 0.6 is 0 Å². The largest absolute Gasteiger partial charge is 0.212 e. The maximum absolute atomic E-state index is 8.87. The van der Waals surface area contributed by atoms with Crippen molar-refractivity contribution in [2.75, 3.05) is 0 Å². The van der Waals surface area contributed by atoms with E-state index in [4.69, 9.17) is 6.85 Å². The van der Waals surface area contributed by atoms with Crippen molar-refractivity contribution >= 4 is 0 Å². The van der Waals surface area contributed by atoms with Gasteiger partial charge < -0.3 is 0 Å². The van der Waals surface area contributed by atoms with Crippen LogP contribution in [-0.4, -0.2) is 0 Å². The van der Waals surface area contributed by atoms with E-state index < -0.39 is 12.7 Å². The molecule has 0 saturated heterocycles. The summed E-state index contributed by atoms with van der Waals surface area (Å²) in [5.41, 5.74) is 30.0. The molecule has 15 rings (SSSR count). The molecule has 0 spiro atoms. The van der Waals surface area contributed by atoms with Gasteiger partial charge in [-0.15, -0.1) is 0 Å². The van der Waals surface area contributed by atoms with Gasteiger partial charge in [-0.1, -0.05) is 155 Å². The first-order chi connectivity index (χ1) is 49.8. The second-order valence-electron chi connectivity index (χ2n) is 29.9. The molecule has 5 fully saturated rings. The van der Waals surface area contributed by atoms with Crippen molar-refractivity contribution in [2.24, 2.45) is 35.2 Å². The molecule has 5 aromatic heterocycles. The second-order valence-corrected chi connectivity index (χ2v) is 29.9. The van der Waals surface area contributed by atoms with Crippen LogP contribution < -0.4 is 22.8 Å². The molecule has 99 heavy (non-hydrogen) atoms. The Morgan fingerprint density at radius 1 is 0.263 bits per heavy atom. The molecule has 5 aliphatic carbocycles. The third-order valence-corrected chi connectivity index (χ3v) is 22.6. The van der Waals surface area contributed by atoms with Crippen LogP contribution in [0.2, 0.25) is 0 Å². The van der Waals surface area contributed by atoms with Crippen molar-refractivity contribution in [1.29, 1.82) is 0 Å². The molecular weight excluding hydrogens is 1200 g/mol. The summed E-state index contributed by atoms with van der Waals surface area (Å²) in [4.78, 5) is 0. The van der Waals surface area contributed by atoms with Crippen LogP contribution in [0.1, 0.15) is 243 Å². The first-order valence-electron chi connectivity index (χ1n) is 40.2. The molecule has 5 aromatic carbocycles.